The third-order valence-corrected chi connectivity index (χ3v) is 1.91. The van der Waals surface area contributed by atoms with Crippen LogP contribution in [0, 0.1) is 0 Å². The number of nitrogens with two attached hydrogens (primary N) is 1. The first-order valence-corrected chi connectivity index (χ1v) is 3.92. The molecule has 0 radical (unpaired) electrons. The van der Waals surface area contributed by atoms with Gasteiger partial charge >= 0.3 is 6.18 Å². The van der Waals surface area contributed by atoms with Crippen molar-refractivity contribution in [2.45, 2.75) is 12.6 Å². The van der Waals surface area contributed by atoms with Crippen LogP contribution in [0.3, 0.4) is 0 Å². The molecule has 2 nitrogen and oxygen atoms in total. The van der Waals surface area contributed by atoms with E-state index in [9.17, 15) is 22.0 Å². The maximum atomic E-state index is 12.3. The van der Waals surface area contributed by atoms with Crippen LogP contribution in [0.25, 0.3) is 0 Å². The summed E-state index contributed by atoms with van der Waals surface area (Å²) in [7, 11) is 0. The first kappa shape index (κ1) is 12.0. The summed E-state index contributed by atoms with van der Waals surface area (Å²) in [5.41, 5.74) is 1.36. The van der Waals surface area contributed by atoms with E-state index in [1.165, 1.54) is 0 Å². The van der Waals surface area contributed by atoms with Gasteiger partial charge in [0.25, 0.3) is 6.43 Å². The molecule has 0 spiro atoms. The van der Waals surface area contributed by atoms with Crippen molar-refractivity contribution >= 4 is 17.3 Å². The van der Waals surface area contributed by atoms with Gasteiger partial charge in [-0.3, -0.25) is 0 Å². The Labute approximate surface area is 85.9 Å². The summed E-state index contributed by atoms with van der Waals surface area (Å²) in [4.78, 5) is 3.01. The Bertz CT molecular complexity index is 376. The van der Waals surface area contributed by atoms with Crippen LogP contribution in [0.5, 0.6) is 0 Å². The monoisotopic (exact) mass is 246 g/mol. The molecule has 0 fully saturated rings. The van der Waals surface area contributed by atoms with Crippen LogP contribution >= 0.6 is 11.6 Å². The topological polar surface area (TPSA) is 38.9 Å². The van der Waals surface area contributed by atoms with Gasteiger partial charge in [0.05, 0.1) is 11.3 Å². The summed E-state index contributed by atoms with van der Waals surface area (Å²) < 4.78 is 61.3. The molecule has 8 heteroatoms. The number of halogens is 6. The zero-order valence-corrected chi connectivity index (χ0v) is 7.70. The Kier molecular flexibility index (Phi) is 3.03. The predicted molar refractivity (Wildman–Crippen MR) is 43.6 cm³/mol. The molecule has 1 heterocycles. The van der Waals surface area contributed by atoms with E-state index in [-0.39, 0.29) is 0 Å². The SMILES string of the molecule is Nc1c(C(F)F)cnc(Cl)c1C(F)(F)F. The van der Waals surface area contributed by atoms with E-state index in [4.69, 9.17) is 17.3 Å². The van der Waals surface area contributed by atoms with Crippen molar-refractivity contribution in [3.63, 3.8) is 0 Å². The van der Waals surface area contributed by atoms with Crippen LogP contribution < -0.4 is 5.73 Å². The van der Waals surface area contributed by atoms with Crippen molar-refractivity contribution in [1.82, 2.24) is 4.98 Å². The number of alkyl halides is 5. The number of pyridine rings is 1. The summed E-state index contributed by atoms with van der Waals surface area (Å²) in [5.74, 6) is 0. The van der Waals surface area contributed by atoms with Gasteiger partial charge < -0.3 is 5.73 Å². The third-order valence-electron chi connectivity index (χ3n) is 1.62. The van der Waals surface area contributed by atoms with E-state index in [0.29, 0.717) is 6.20 Å². The second kappa shape index (κ2) is 3.80. The summed E-state index contributed by atoms with van der Waals surface area (Å²) in [5, 5.41) is -0.940. The van der Waals surface area contributed by atoms with Crippen molar-refractivity contribution < 1.29 is 22.0 Å². The molecule has 1 aromatic rings. The van der Waals surface area contributed by atoms with E-state index < -0.39 is 34.6 Å². The molecule has 0 aliphatic heterocycles. The van der Waals surface area contributed by atoms with E-state index in [1.807, 2.05) is 0 Å². The Hall–Kier alpha value is -1.11. The van der Waals surface area contributed by atoms with Crippen LogP contribution in [0.15, 0.2) is 6.20 Å². The van der Waals surface area contributed by atoms with Crippen LogP contribution in [0.4, 0.5) is 27.6 Å². The van der Waals surface area contributed by atoms with Gasteiger partial charge in [-0.05, 0) is 0 Å². The van der Waals surface area contributed by atoms with Crippen molar-refractivity contribution in [3.8, 4) is 0 Å². The van der Waals surface area contributed by atoms with Gasteiger partial charge in [-0.15, -0.1) is 0 Å². The molecule has 1 aromatic heterocycles. The average Bonchev–Trinajstić information content (AvgIpc) is 2.00. The van der Waals surface area contributed by atoms with Gasteiger partial charge in [0.1, 0.15) is 10.7 Å². The highest BCUT2D eigenvalue weighted by Crippen LogP contribution is 2.40. The van der Waals surface area contributed by atoms with Crippen molar-refractivity contribution in [2.24, 2.45) is 0 Å². The Balaban J connectivity index is 3.44. The van der Waals surface area contributed by atoms with Crippen LogP contribution in [0.1, 0.15) is 17.6 Å². The molecular formula is C7H4ClF5N2. The second-order valence-corrected chi connectivity index (χ2v) is 2.95. The number of hydrogen-bond acceptors (Lipinski definition) is 2. The summed E-state index contributed by atoms with van der Waals surface area (Å²) >= 11 is 5.13. The molecule has 0 saturated carbocycles. The molecule has 15 heavy (non-hydrogen) atoms. The molecule has 0 aromatic carbocycles. The number of anilines is 1. The van der Waals surface area contributed by atoms with Crippen molar-refractivity contribution in [2.75, 3.05) is 5.73 Å². The maximum absolute atomic E-state index is 12.3. The van der Waals surface area contributed by atoms with Crippen LogP contribution in [-0.4, -0.2) is 4.98 Å². The fraction of sp³-hybridized carbons (Fsp3) is 0.286. The molecular weight excluding hydrogens is 243 g/mol. The predicted octanol–water partition coefficient (Wildman–Crippen LogP) is 3.27. The lowest BCUT2D eigenvalue weighted by Crippen LogP contribution is -2.13. The first-order chi connectivity index (χ1) is 6.75. The lowest BCUT2D eigenvalue weighted by Gasteiger charge is -2.13. The fourth-order valence-corrected chi connectivity index (χ4v) is 1.22. The minimum atomic E-state index is -4.90. The minimum absolute atomic E-state index is 0.525. The number of rotatable bonds is 1. The molecule has 0 amide bonds. The first-order valence-electron chi connectivity index (χ1n) is 3.54. The van der Waals surface area contributed by atoms with Crippen LogP contribution in [-0.2, 0) is 6.18 Å². The summed E-state index contributed by atoms with van der Waals surface area (Å²) in [6, 6.07) is 0. The zero-order valence-electron chi connectivity index (χ0n) is 6.95. The van der Waals surface area contributed by atoms with Gasteiger partial charge in [0, 0.05) is 6.20 Å². The molecule has 84 valence electrons. The van der Waals surface area contributed by atoms with Gasteiger partial charge in [-0.2, -0.15) is 13.2 Å². The summed E-state index contributed by atoms with van der Waals surface area (Å²) in [6.45, 7) is 0. The average molecular weight is 247 g/mol. The quantitative estimate of drug-likeness (QED) is 0.610. The fourth-order valence-electron chi connectivity index (χ4n) is 0.959. The number of nitrogens with zero attached hydrogens (tertiary/aromatic N) is 1. The molecule has 0 aliphatic rings. The van der Waals surface area contributed by atoms with Crippen molar-refractivity contribution in [3.05, 3.63) is 22.5 Å². The van der Waals surface area contributed by atoms with Crippen molar-refractivity contribution in [1.29, 1.82) is 0 Å². The third kappa shape index (κ3) is 2.28. The molecule has 0 aliphatic carbocycles. The lowest BCUT2D eigenvalue weighted by molar-refractivity contribution is -0.137. The van der Waals surface area contributed by atoms with Gasteiger partial charge in [0.15, 0.2) is 0 Å². The smallest absolute Gasteiger partial charge is 0.398 e. The lowest BCUT2D eigenvalue weighted by atomic mass is 10.1. The van der Waals surface area contributed by atoms with E-state index >= 15 is 0 Å². The summed E-state index contributed by atoms with van der Waals surface area (Å²) in [6.07, 6.45) is -7.51. The van der Waals surface area contributed by atoms with E-state index in [2.05, 4.69) is 4.98 Å². The molecule has 1 rings (SSSR count). The number of hydrogen-bond donors (Lipinski definition) is 1. The van der Waals surface area contributed by atoms with Gasteiger partial charge in [0.2, 0.25) is 0 Å². The molecule has 0 bridgehead atoms. The highest BCUT2D eigenvalue weighted by molar-refractivity contribution is 6.30. The minimum Gasteiger partial charge on any atom is -0.398 e. The molecule has 0 saturated heterocycles. The molecule has 2 N–H and O–H groups in total. The molecule has 0 atom stereocenters. The Morgan fingerprint density at radius 2 is 1.87 bits per heavy atom. The van der Waals surface area contributed by atoms with Gasteiger partial charge in [-0.1, -0.05) is 11.6 Å². The zero-order chi connectivity index (χ0) is 11.8. The number of aromatic nitrogens is 1. The van der Waals surface area contributed by atoms with E-state index in [0.717, 1.165) is 0 Å². The maximum Gasteiger partial charge on any atom is 0.421 e. The van der Waals surface area contributed by atoms with Gasteiger partial charge in [-0.25, -0.2) is 13.8 Å². The standard InChI is InChI=1S/C7H4ClF5N2/c8-5-3(7(11,12)13)4(14)2(1-15-5)6(9)10/h1,6H,(H2,14,15). The number of nitrogen functional groups attached to an aromatic ring is 1. The highest BCUT2D eigenvalue weighted by atomic mass is 35.5. The van der Waals surface area contributed by atoms with Crippen LogP contribution in [0.2, 0.25) is 5.15 Å². The normalized spacial score (nSPS) is 12.2. The highest BCUT2D eigenvalue weighted by Gasteiger charge is 2.38. The largest absolute Gasteiger partial charge is 0.421 e. The molecule has 0 unspecified atom stereocenters. The second-order valence-electron chi connectivity index (χ2n) is 2.59. The Morgan fingerprint density at radius 3 is 2.27 bits per heavy atom. The Morgan fingerprint density at radius 1 is 1.33 bits per heavy atom. The van der Waals surface area contributed by atoms with E-state index in [1.54, 1.807) is 0 Å².